The molecule has 1 amide bonds. The van der Waals surface area contributed by atoms with Gasteiger partial charge in [-0.3, -0.25) is 4.79 Å². The quantitative estimate of drug-likeness (QED) is 0.541. The number of aryl methyl sites for hydroxylation is 1. The van der Waals surface area contributed by atoms with Crippen molar-refractivity contribution in [3.63, 3.8) is 0 Å². The van der Waals surface area contributed by atoms with Crippen molar-refractivity contribution in [2.75, 3.05) is 0 Å². The molecule has 0 fully saturated rings. The van der Waals surface area contributed by atoms with Gasteiger partial charge in [-0.05, 0) is 36.1 Å². The third-order valence-corrected chi connectivity index (χ3v) is 4.85. The summed E-state index contributed by atoms with van der Waals surface area (Å²) in [4.78, 5) is 17.1. The van der Waals surface area contributed by atoms with E-state index in [1.807, 2.05) is 79.7 Å². The van der Waals surface area contributed by atoms with E-state index in [-0.39, 0.29) is 17.8 Å². The summed E-state index contributed by atoms with van der Waals surface area (Å²) < 4.78 is 1.64. The Morgan fingerprint density at radius 3 is 2.31 bits per heavy atom. The van der Waals surface area contributed by atoms with E-state index >= 15 is 0 Å². The molecule has 3 aromatic carbocycles. The van der Waals surface area contributed by atoms with Crippen molar-refractivity contribution >= 4 is 5.91 Å². The van der Waals surface area contributed by atoms with Crippen molar-refractivity contribution in [2.24, 2.45) is 0 Å². The minimum Gasteiger partial charge on any atom is -0.342 e. The molecule has 0 saturated heterocycles. The number of nitrogens with one attached hydrogen (secondary N) is 1. The fraction of sp³-hybridized carbons (Fsp3) is 0.125. The van der Waals surface area contributed by atoms with Crippen LogP contribution in [0.5, 0.6) is 0 Å². The van der Waals surface area contributed by atoms with E-state index in [0.29, 0.717) is 6.42 Å². The van der Waals surface area contributed by atoms with Crippen LogP contribution in [-0.4, -0.2) is 20.7 Å². The minimum absolute atomic E-state index is 0.155. The molecule has 1 heterocycles. The Bertz CT molecular complexity index is 1090. The maximum atomic E-state index is 12.9. The van der Waals surface area contributed by atoms with Crippen LogP contribution in [-0.2, 0) is 6.42 Å². The summed E-state index contributed by atoms with van der Waals surface area (Å²) >= 11 is 0. The average Bonchev–Trinajstić information content (AvgIpc) is 3.25. The molecular weight excluding hydrogens is 360 g/mol. The van der Waals surface area contributed by atoms with Crippen molar-refractivity contribution in [1.29, 1.82) is 0 Å². The molecule has 29 heavy (non-hydrogen) atoms. The van der Waals surface area contributed by atoms with Gasteiger partial charge in [0.2, 0.25) is 5.82 Å². The van der Waals surface area contributed by atoms with Crippen molar-refractivity contribution in [2.45, 2.75) is 19.4 Å². The highest BCUT2D eigenvalue weighted by molar-refractivity contribution is 5.90. The minimum atomic E-state index is -0.290. The Hall–Kier alpha value is -3.73. The van der Waals surface area contributed by atoms with Crippen molar-refractivity contribution in [3.05, 3.63) is 114 Å². The first-order valence-electron chi connectivity index (χ1n) is 9.58. The Morgan fingerprint density at radius 1 is 0.931 bits per heavy atom. The highest BCUT2D eigenvalue weighted by Gasteiger charge is 2.19. The van der Waals surface area contributed by atoms with E-state index in [2.05, 4.69) is 27.5 Å². The number of carbonyl (C=O) groups is 1. The van der Waals surface area contributed by atoms with E-state index in [1.54, 1.807) is 11.0 Å². The normalized spacial score (nSPS) is 11.8. The molecule has 4 aromatic rings. The molecule has 144 valence electrons. The van der Waals surface area contributed by atoms with Gasteiger partial charge in [0.05, 0.1) is 11.7 Å². The van der Waals surface area contributed by atoms with Crippen molar-refractivity contribution in [3.8, 4) is 5.69 Å². The van der Waals surface area contributed by atoms with Crippen LogP contribution in [0.25, 0.3) is 5.69 Å². The molecule has 1 N–H and O–H groups in total. The van der Waals surface area contributed by atoms with Crippen LogP contribution in [0.1, 0.15) is 33.4 Å². The first-order valence-corrected chi connectivity index (χ1v) is 9.58. The molecule has 4 rings (SSSR count). The van der Waals surface area contributed by atoms with Crippen LogP contribution in [0, 0.1) is 6.92 Å². The number of carbonyl (C=O) groups excluding carboxylic acids is 1. The summed E-state index contributed by atoms with van der Waals surface area (Å²) in [7, 11) is 0. The number of hydrogen-bond donors (Lipinski definition) is 1. The Morgan fingerprint density at radius 2 is 1.59 bits per heavy atom. The number of rotatable bonds is 6. The molecule has 0 radical (unpaired) electrons. The second-order valence-electron chi connectivity index (χ2n) is 6.93. The summed E-state index contributed by atoms with van der Waals surface area (Å²) in [5.41, 5.74) is 4.17. The Labute approximate surface area is 170 Å². The number of para-hydroxylation sites is 1. The van der Waals surface area contributed by atoms with Gasteiger partial charge in [0.1, 0.15) is 6.33 Å². The predicted octanol–water partition coefficient (Wildman–Crippen LogP) is 4.29. The van der Waals surface area contributed by atoms with Gasteiger partial charge in [0, 0.05) is 0 Å². The average molecular weight is 382 g/mol. The lowest BCUT2D eigenvalue weighted by Gasteiger charge is -2.18. The first kappa shape index (κ1) is 18.6. The van der Waals surface area contributed by atoms with Gasteiger partial charge in [-0.25, -0.2) is 9.67 Å². The van der Waals surface area contributed by atoms with Gasteiger partial charge < -0.3 is 5.32 Å². The molecule has 0 aliphatic heterocycles. The zero-order chi connectivity index (χ0) is 20.1. The molecule has 0 bridgehead atoms. The van der Waals surface area contributed by atoms with Crippen molar-refractivity contribution in [1.82, 2.24) is 20.1 Å². The molecule has 0 aliphatic carbocycles. The molecule has 5 nitrogen and oxygen atoms in total. The predicted molar refractivity (Wildman–Crippen MR) is 113 cm³/mol. The van der Waals surface area contributed by atoms with Crippen LogP contribution in [0.4, 0.5) is 0 Å². The van der Waals surface area contributed by atoms with Crippen LogP contribution in [0.2, 0.25) is 0 Å². The summed E-state index contributed by atoms with van der Waals surface area (Å²) in [5, 5.41) is 7.49. The number of nitrogens with zero attached hydrogens (tertiary/aromatic N) is 3. The molecule has 1 atom stereocenters. The van der Waals surface area contributed by atoms with E-state index in [0.717, 1.165) is 22.4 Å². The van der Waals surface area contributed by atoms with Crippen molar-refractivity contribution < 1.29 is 4.79 Å². The van der Waals surface area contributed by atoms with Gasteiger partial charge in [-0.2, -0.15) is 0 Å². The number of hydrogen-bond acceptors (Lipinski definition) is 3. The number of benzene rings is 3. The Kier molecular flexibility index (Phi) is 5.47. The topological polar surface area (TPSA) is 59.8 Å². The maximum Gasteiger partial charge on any atom is 0.291 e. The van der Waals surface area contributed by atoms with Crippen LogP contribution < -0.4 is 5.32 Å². The summed E-state index contributed by atoms with van der Waals surface area (Å²) in [5.74, 6) is -0.135. The zero-order valence-electron chi connectivity index (χ0n) is 16.2. The van der Waals surface area contributed by atoms with E-state index in [1.165, 1.54) is 0 Å². The van der Waals surface area contributed by atoms with E-state index < -0.39 is 0 Å². The molecule has 1 aromatic heterocycles. The summed E-state index contributed by atoms with van der Waals surface area (Å²) in [6, 6.07) is 27.8. The Balaban J connectivity index is 1.56. The lowest BCUT2D eigenvalue weighted by atomic mass is 9.99. The van der Waals surface area contributed by atoms with E-state index in [4.69, 9.17) is 0 Å². The molecule has 0 saturated carbocycles. The smallest absolute Gasteiger partial charge is 0.291 e. The second kappa shape index (κ2) is 8.52. The zero-order valence-corrected chi connectivity index (χ0v) is 16.2. The lowest BCUT2D eigenvalue weighted by molar-refractivity contribution is 0.0926. The van der Waals surface area contributed by atoms with Gasteiger partial charge in [-0.15, -0.1) is 5.10 Å². The van der Waals surface area contributed by atoms with Gasteiger partial charge >= 0.3 is 0 Å². The molecule has 0 aliphatic rings. The fourth-order valence-electron chi connectivity index (χ4n) is 3.31. The molecule has 5 heteroatoms. The number of aromatic nitrogens is 3. The summed E-state index contributed by atoms with van der Waals surface area (Å²) in [6.45, 7) is 2.00. The second-order valence-corrected chi connectivity index (χ2v) is 6.93. The SMILES string of the molecule is Cc1ccccc1-n1cnc(C(=O)NC(Cc2ccccc2)c2ccccc2)n1. The third-order valence-electron chi connectivity index (χ3n) is 4.85. The van der Waals surface area contributed by atoms with Crippen LogP contribution in [0.3, 0.4) is 0 Å². The van der Waals surface area contributed by atoms with Gasteiger partial charge in [0.25, 0.3) is 5.91 Å². The first-order chi connectivity index (χ1) is 14.2. The monoisotopic (exact) mass is 382 g/mol. The molecular formula is C24H22N4O. The van der Waals surface area contributed by atoms with Crippen LogP contribution >= 0.6 is 0 Å². The van der Waals surface area contributed by atoms with Crippen LogP contribution in [0.15, 0.2) is 91.3 Å². The standard InChI is InChI=1S/C24H22N4O/c1-18-10-8-9-15-22(18)28-17-25-23(27-28)24(29)26-21(20-13-6-3-7-14-20)16-19-11-4-2-5-12-19/h2-15,17,21H,16H2,1H3,(H,26,29). The van der Waals surface area contributed by atoms with Gasteiger partial charge in [0.15, 0.2) is 0 Å². The largest absolute Gasteiger partial charge is 0.342 e. The lowest BCUT2D eigenvalue weighted by Crippen LogP contribution is -2.31. The highest BCUT2D eigenvalue weighted by atomic mass is 16.2. The summed E-state index contributed by atoms with van der Waals surface area (Å²) in [6.07, 6.45) is 2.26. The highest BCUT2D eigenvalue weighted by Crippen LogP contribution is 2.19. The fourth-order valence-corrected chi connectivity index (χ4v) is 3.31. The maximum absolute atomic E-state index is 12.9. The van der Waals surface area contributed by atoms with Gasteiger partial charge in [-0.1, -0.05) is 78.9 Å². The number of amides is 1. The molecule has 0 spiro atoms. The molecule has 1 unspecified atom stereocenters. The third kappa shape index (κ3) is 4.41. The van der Waals surface area contributed by atoms with E-state index in [9.17, 15) is 4.79 Å².